The Morgan fingerprint density at radius 2 is 1.89 bits per heavy atom. The SMILES string of the molecule is CC1=CC[C@H]2[C@]3(C)CCCC(C)(C)[C@H]3CC[C@]2(C)[C@H]1C[C@@H](O)c1ccoc1. The summed E-state index contributed by atoms with van der Waals surface area (Å²) in [4.78, 5) is 0. The molecule has 0 unspecified atom stereocenters. The van der Waals surface area contributed by atoms with Crippen LogP contribution >= 0.6 is 0 Å². The molecular formula is C25H38O2. The maximum atomic E-state index is 10.9. The first-order valence-corrected chi connectivity index (χ1v) is 11.1. The van der Waals surface area contributed by atoms with Crippen molar-refractivity contribution in [1.29, 1.82) is 0 Å². The van der Waals surface area contributed by atoms with Gasteiger partial charge in [0.15, 0.2) is 0 Å². The average molecular weight is 371 g/mol. The molecule has 1 heterocycles. The molecule has 0 radical (unpaired) electrons. The predicted molar refractivity (Wildman–Crippen MR) is 110 cm³/mol. The second-order valence-corrected chi connectivity index (χ2v) is 11.0. The summed E-state index contributed by atoms with van der Waals surface area (Å²) in [6.07, 6.45) is 14.3. The molecule has 1 aromatic rings. The van der Waals surface area contributed by atoms with Gasteiger partial charge in [-0.05, 0) is 85.5 Å². The number of fused-ring (bicyclic) bond motifs is 3. The van der Waals surface area contributed by atoms with E-state index in [4.69, 9.17) is 4.42 Å². The molecule has 4 rings (SSSR count). The van der Waals surface area contributed by atoms with Crippen LogP contribution in [0.25, 0.3) is 0 Å². The normalized spacial score (nSPS) is 42.0. The lowest BCUT2D eigenvalue weighted by Crippen LogP contribution is -2.57. The Bertz CT molecular complexity index is 700. The van der Waals surface area contributed by atoms with Gasteiger partial charge in [-0.2, -0.15) is 0 Å². The fourth-order valence-corrected chi connectivity index (χ4v) is 7.89. The molecule has 1 N–H and O–H groups in total. The third-order valence-electron chi connectivity index (χ3n) is 9.25. The molecule has 0 aliphatic heterocycles. The second-order valence-electron chi connectivity index (χ2n) is 11.0. The van der Waals surface area contributed by atoms with Crippen LogP contribution in [0, 0.1) is 34.0 Å². The van der Waals surface area contributed by atoms with Crippen molar-refractivity contribution in [3.05, 3.63) is 35.8 Å². The lowest BCUT2D eigenvalue weighted by molar-refractivity contribution is -0.148. The zero-order valence-electron chi connectivity index (χ0n) is 17.9. The smallest absolute Gasteiger partial charge is 0.0960 e. The highest BCUT2D eigenvalue weighted by atomic mass is 16.3. The zero-order valence-corrected chi connectivity index (χ0v) is 17.9. The molecule has 2 saturated carbocycles. The first kappa shape index (κ1) is 19.3. The van der Waals surface area contributed by atoms with Gasteiger partial charge in [-0.15, -0.1) is 0 Å². The van der Waals surface area contributed by atoms with Crippen LogP contribution in [0.5, 0.6) is 0 Å². The van der Waals surface area contributed by atoms with Crippen molar-refractivity contribution >= 4 is 0 Å². The summed E-state index contributed by atoms with van der Waals surface area (Å²) in [5, 5.41) is 10.9. The number of aliphatic hydroxyl groups excluding tert-OH is 1. The number of aliphatic hydroxyl groups is 1. The topological polar surface area (TPSA) is 33.4 Å². The third kappa shape index (κ3) is 2.94. The number of allylic oxidation sites excluding steroid dienone is 2. The van der Waals surface area contributed by atoms with Gasteiger partial charge in [0.2, 0.25) is 0 Å². The Labute approximate surface area is 165 Å². The maximum Gasteiger partial charge on any atom is 0.0960 e. The lowest BCUT2D eigenvalue weighted by atomic mass is 9.39. The Morgan fingerprint density at radius 3 is 2.59 bits per heavy atom. The van der Waals surface area contributed by atoms with Crippen molar-refractivity contribution in [2.45, 2.75) is 85.7 Å². The molecule has 2 nitrogen and oxygen atoms in total. The number of rotatable bonds is 3. The van der Waals surface area contributed by atoms with Gasteiger partial charge in [-0.3, -0.25) is 0 Å². The molecule has 150 valence electrons. The molecule has 27 heavy (non-hydrogen) atoms. The van der Waals surface area contributed by atoms with E-state index in [9.17, 15) is 5.11 Å². The van der Waals surface area contributed by atoms with Gasteiger partial charge in [0.05, 0.1) is 18.6 Å². The molecular weight excluding hydrogens is 332 g/mol. The summed E-state index contributed by atoms with van der Waals surface area (Å²) < 4.78 is 5.22. The van der Waals surface area contributed by atoms with Crippen LogP contribution < -0.4 is 0 Å². The van der Waals surface area contributed by atoms with Gasteiger partial charge in [0.25, 0.3) is 0 Å². The van der Waals surface area contributed by atoms with Crippen molar-refractivity contribution in [3.63, 3.8) is 0 Å². The number of hydrogen-bond acceptors (Lipinski definition) is 2. The van der Waals surface area contributed by atoms with E-state index in [-0.39, 0.29) is 0 Å². The van der Waals surface area contributed by atoms with Crippen LogP contribution in [0.15, 0.2) is 34.7 Å². The minimum Gasteiger partial charge on any atom is -0.472 e. The summed E-state index contributed by atoms with van der Waals surface area (Å²) >= 11 is 0. The van der Waals surface area contributed by atoms with Gasteiger partial charge in [-0.1, -0.05) is 45.8 Å². The molecule has 0 spiro atoms. The first-order valence-electron chi connectivity index (χ1n) is 11.1. The summed E-state index contributed by atoms with van der Waals surface area (Å²) in [5.74, 6) is 2.03. The number of hydrogen-bond donors (Lipinski definition) is 1. The molecule has 0 saturated heterocycles. The van der Waals surface area contributed by atoms with Crippen LogP contribution in [0.2, 0.25) is 0 Å². The van der Waals surface area contributed by atoms with Crippen molar-refractivity contribution in [2.24, 2.45) is 34.0 Å². The van der Waals surface area contributed by atoms with Gasteiger partial charge in [-0.25, -0.2) is 0 Å². The Morgan fingerprint density at radius 1 is 1.11 bits per heavy atom. The maximum absolute atomic E-state index is 10.9. The molecule has 0 bridgehead atoms. The Balaban J connectivity index is 1.66. The van der Waals surface area contributed by atoms with Crippen LogP contribution in [-0.2, 0) is 0 Å². The molecule has 3 aliphatic carbocycles. The molecule has 1 aromatic heterocycles. The standard InChI is InChI=1S/C25H38O2/c1-17-7-8-22-24(4,19(17)15-20(26)18-10-14-27-16-18)13-9-21-23(2,3)11-6-12-25(21,22)5/h7,10,14,16,19-22,26H,6,8-9,11-13,15H2,1-5H3/t19-,20+,21+,22+,24+,25+/m0/s1. The molecule has 2 fully saturated rings. The summed E-state index contributed by atoms with van der Waals surface area (Å²) in [7, 11) is 0. The summed E-state index contributed by atoms with van der Waals surface area (Å²) in [6.45, 7) is 12.5. The van der Waals surface area contributed by atoms with E-state index in [1.54, 1.807) is 12.5 Å². The van der Waals surface area contributed by atoms with Crippen LogP contribution in [0.1, 0.15) is 91.2 Å². The minimum absolute atomic E-state index is 0.294. The van der Waals surface area contributed by atoms with Crippen molar-refractivity contribution in [2.75, 3.05) is 0 Å². The third-order valence-corrected chi connectivity index (χ3v) is 9.25. The van der Waals surface area contributed by atoms with E-state index in [1.165, 1.54) is 44.1 Å². The lowest BCUT2D eigenvalue weighted by Gasteiger charge is -2.65. The van der Waals surface area contributed by atoms with Crippen molar-refractivity contribution in [1.82, 2.24) is 0 Å². The fraction of sp³-hybridized carbons (Fsp3) is 0.760. The van der Waals surface area contributed by atoms with E-state index in [0.717, 1.165) is 23.8 Å². The van der Waals surface area contributed by atoms with E-state index in [0.29, 0.717) is 22.2 Å². The largest absolute Gasteiger partial charge is 0.472 e. The first-order chi connectivity index (χ1) is 12.7. The van der Waals surface area contributed by atoms with Crippen molar-refractivity contribution in [3.8, 4) is 0 Å². The quantitative estimate of drug-likeness (QED) is 0.586. The van der Waals surface area contributed by atoms with Gasteiger partial charge in [0, 0.05) is 5.56 Å². The molecule has 0 amide bonds. The van der Waals surface area contributed by atoms with Crippen molar-refractivity contribution < 1.29 is 9.52 Å². The highest BCUT2D eigenvalue weighted by molar-refractivity contribution is 5.22. The average Bonchev–Trinajstić information content (AvgIpc) is 3.11. The molecule has 3 aliphatic rings. The van der Waals surface area contributed by atoms with Crippen LogP contribution in [0.3, 0.4) is 0 Å². The fourth-order valence-electron chi connectivity index (χ4n) is 7.89. The second kappa shape index (κ2) is 6.51. The zero-order chi connectivity index (χ0) is 19.4. The summed E-state index contributed by atoms with van der Waals surface area (Å²) in [6, 6.07) is 1.91. The van der Waals surface area contributed by atoms with E-state index in [1.807, 2.05) is 6.07 Å². The van der Waals surface area contributed by atoms with Gasteiger partial charge < -0.3 is 9.52 Å². The molecule has 0 aromatic carbocycles. The Kier molecular flexibility index (Phi) is 4.65. The van der Waals surface area contributed by atoms with E-state index < -0.39 is 6.10 Å². The predicted octanol–water partition coefficient (Wildman–Crippen LogP) is 6.92. The number of furan rings is 1. The monoisotopic (exact) mass is 370 g/mol. The summed E-state index contributed by atoms with van der Waals surface area (Å²) in [5.41, 5.74) is 3.62. The van der Waals surface area contributed by atoms with Crippen LogP contribution in [0.4, 0.5) is 0 Å². The van der Waals surface area contributed by atoms with E-state index in [2.05, 4.69) is 40.7 Å². The Hall–Kier alpha value is -1.02. The highest BCUT2D eigenvalue weighted by Crippen LogP contribution is 2.68. The molecule has 6 atom stereocenters. The molecule has 2 heteroatoms. The highest BCUT2D eigenvalue weighted by Gasteiger charge is 2.60. The minimum atomic E-state index is -0.430. The van der Waals surface area contributed by atoms with Crippen LogP contribution in [-0.4, -0.2) is 5.11 Å². The van der Waals surface area contributed by atoms with E-state index >= 15 is 0 Å². The van der Waals surface area contributed by atoms with Gasteiger partial charge in [0.1, 0.15) is 0 Å². The van der Waals surface area contributed by atoms with Gasteiger partial charge >= 0.3 is 0 Å².